The first-order chi connectivity index (χ1) is 15.5. The van der Waals surface area contributed by atoms with E-state index in [0.29, 0.717) is 30.5 Å². The average Bonchev–Trinajstić information content (AvgIpc) is 3.48. The SMILES string of the molecule is CC[C@]1(C(=O)NCc2ccccn2)C[C@H]2CC[C@@H]1N2C(=O)Cn1c(=O)oc2ccccc21. The van der Waals surface area contributed by atoms with Crippen LogP contribution in [0, 0.1) is 5.41 Å². The van der Waals surface area contributed by atoms with Gasteiger partial charge in [0.05, 0.1) is 23.2 Å². The molecule has 3 aromatic rings. The Balaban J connectivity index is 1.35. The number of hydrogen-bond acceptors (Lipinski definition) is 5. The highest BCUT2D eigenvalue weighted by Gasteiger charge is 2.60. The Morgan fingerprint density at radius 3 is 2.78 bits per heavy atom. The van der Waals surface area contributed by atoms with Gasteiger partial charge in [0.15, 0.2) is 5.58 Å². The van der Waals surface area contributed by atoms with Crippen molar-refractivity contribution >= 4 is 22.9 Å². The number of aromatic nitrogens is 2. The molecule has 0 unspecified atom stereocenters. The predicted molar refractivity (Wildman–Crippen MR) is 118 cm³/mol. The summed E-state index contributed by atoms with van der Waals surface area (Å²) in [4.78, 5) is 45.2. The zero-order valence-corrected chi connectivity index (χ0v) is 18.0. The van der Waals surface area contributed by atoms with Gasteiger partial charge in [-0.25, -0.2) is 4.79 Å². The molecule has 1 N–H and O–H groups in total. The monoisotopic (exact) mass is 434 g/mol. The van der Waals surface area contributed by atoms with Crippen LogP contribution in [0.3, 0.4) is 0 Å². The Labute approximate surface area is 185 Å². The van der Waals surface area contributed by atoms with Crippen molar-refractivity contribution in [2.45, 2.75) is 57.8 Å². The van der Waals surface area contributed by atoms with Crippen molar-refractivity contribution in [2.24, 2.45) is 5.41 Å². The number of para-hydroxylation sites is 2. The number of nitrogens with zero attached hydrogens (tertiary/aromatic N) is 3. The van der Waals surface area contributed by atoms with Gasteiger partial charge in [-0.05, 0) is 49.9 Å². The fourth-order valence-electron chi connectivity index (χ4n) is 5.57. The first-order valence-electron chi connectivity index (χ1n) is 11.1. The highest BCUT2D eigenvalue weighted by atomic mass is 16.4. The van der Waals surface area contributed by atoms with Crippen molar-refractivity contribution in [1.82, 2.24) is 19.8 Å². The van der Waals surface area contributed by atoms with E-state index in [4.69, 9.17) is 4.42 Å². The molecule has 8 nitrogen and oxygen atoms in total. The minimum atomic E-state index is -0.614. The molecule has 2 aliphatic heterocycles. The number of oxazole rings is 1. The van der Waals surface area contributed by atoms with Gasteiger partial charge in [-0.15, -0.1) is 0 Å². The third-order valence-corrected chi connectivity index (χ3v) is 7.13. The van der Waals surface area contributed by atoms with Crippen molar-refractivity contribution in [3.63, 3.8) is 0 Å². The van der Waals surface area contributed by atoms with Crippen LogP contribution < -0.4 is 11.1 Å². The van der Waals surface area contributed by atoms with Crippen molar-refractivity contribution in [3.05, 3.63) is 64.9 Å². The van der Waals surface area contributed by atoms with Gasteiger partial charge in [-0.3, -0.25) is 19.1 Å². The second-order valence-corrected chi connectivity index (χ2v) is 8.69. The third-order valence-electron chi connectivity index (χ3n) is 7.13. The molecule has 2 fully saturated rings. The maximum Gasteiger partial charge on any atom is 0.420 e. The fourth-order valence-corrected chi connectivity index (χ4v) is 5.57. The molecule has 2 amide bonds. The molecule has 2 saturated heterocycles. The van der Waals surface area contributed by atoms with Crippen LogP contribution in [0.15, 0.2) is 57.9 Å². The summed E-state index contributed by atoms with van der Waals surface area (Å²) in [6.45, 7) is 2.29. The van der Waals surface area contributed by atoms with Crippen LogP contribution in [0.2, 0.25) is 0 Å². The fraction of sp³-hybridized carbons (Fsp3) is 0.417. The molecule has 0 aliphatic carbocycles. The van der Waals surface area contributed by atoms with Gasteiger partial charge in [0.25, 0.3) is 0 Å². The van der Waals surface area contributed by atoms with Crippen molar-refractivity contribution in [3.8, 4) is 0 Å². The Bertz CT molecular complexity index is 1220. The number of rotatable bonds is 6. The van der Waals surface area contributed by atoms with E-state index in [1.54, 1.807) is 24.4 Å². The average molecular weight is 434 g/mol. The Morgan fingerprint density at radius 1 is 1.19 bits per heavy atom. The van der Waals surface area contributed by atoms with Gasteiger partial charge in [0.2, 0.25) is 11.8 Å². The summed E-state index contributed by atoms with van der Waals surface area (Å²) in [6.07, 6.45) is 4.68. The van der Waals surface area contributed by atoms with E-state index in [-0.39, 0.29) is 30.4 Å². The number of nitrogens with one attached hydrogen (secondary N) is 1. The number of benzene rings is 1. The lowest BCUT2D eigenvalue weighted by atomic mass is 9.71. The lowest BCUT2D eigenvalue weighted by Gasteiger charge is -2.35. The van der Waals surface area contributed by atoms with Crippen LogP contribution >= 0.6 is 0 Å². The number of amides is 2. The number of carbonyl (C=O) groups is 2. The van der Waals surface area contributed by atoms with Gasteiger partial charge < -0.3 is 14.6 Å². The summed E-state index contributed by atoms with van der Waals surface area (Å²) in [5, 5.41) is 3.05. The van der Waals surface area contributed by atoms with E-state index >= 15 is 0 Å². The van der Waals surface area contributed by atoms with Crippen molar-refractivity contribution < 1.29 is 14.0 Å². The topological polar surface area (TPSA) is 97.4 Å². The quantitative estimate of drug-likeness (QED) is 0.643. The third kappa shape index (κ3) is 3.21. The standard InChI is InChI=1S/C24H26N4O4/c1-2-24(22(30)26-14-16-7-5-6-12-25-16)13-17-10-11-20(24)28(17)21(29)15-27-18-8-3-4-9-19(18)32-23(27)31/h3-9,12,17,20H,2,10-11,13-15H2,1H3,(H,26,30)/t17-,20+,24+/m1/s1. The summed E-state index contributed by atoms with van der Waals surface area (Å²) in [5.74, 6) is -0.707. The second-order valence-electron chi connectivity index (χ2n) is 8.69. The van der Waals surface area contributed by atoms with Crippen LogP contribution in [0.5, 0.6) is 0 Å². The van der Waals surface area contributed by atoms with E-state index in [1.165, 1.54) is 4.57 Å². The normalized spacial score (nSPS) is 24.2. The van der Waals surface area contributed by atoms with E-state index in [2.05, 4.69) is 10.3 Å². The molecule has 2 aromatic heterocycles. The lowest BCUT2D eigenvalue weighted by Crippen LogP contribution is -2.50. The largest absolute Gasteiger partial charge is 0.420 e. The zero-order chi connectivity index (χ0) is 22.3. The highest BCUT2D eigenvalue weighted by Crippen LogP contribution is 2.52. The van der Waals surface area contributed by atoms with Gasteiger partial charge in [-0.1, -0.05) is 25.1 Å². The van der Waals surface area contributed by atoms with Crippen molar-refractivity contribution in [2.75, 3.05) is 0 Å². The summed E-state index contributed by atoms with van der Waals surface area (Å²) >= 11 is 0. The molecule has 32 heavy (non-hydrogen) atoms. The minimum Gasteiger partial charge on any atom is -0.408 e. The van der Waals surface area contributed by atoms with E-state index in [0.717, 1.165) is 18.5 Å². The zero-order valence-electron chi connectivity index (χ0n) is 18.0. The number of carbonyl (C=O) groups excluding carboxylic acids is 2. The van der Waals surface area contributed by atoms with Gasteiger partial charge in [-0.2, -0.15) is 0 Å². The number of hydrogen-bond donors (Lipinski definition) is 1. The number of pyridine rings is 1. The molecule has 0 spiro atoms. The Morgan fingerprint density at radius 2 is 2.00 bits per heavy atom. The van der Waals surface area contributed by atoms with Gasteiger partial charge >= 0.3 is 5.76 Å². The van der Waals surface area contributed by atoms with E-state index < -0.39 is 11.2 Å². The highest BCUT2D eigenvalue weighted by molar-refractivity contribution is 5.87. The smallest absolute Gasteiger partial charge is 0.408 e. The molecular weight excluding hydrogens is 408 g/mol. The van der Waals surface area contributed by atoms with E-state index in [1.807, 2.05) is 36.1 Å². The molecule has 0 radical (unpaired) electrons. The van der Waals surface area contributed by atoms with Crippen LogP contribution in [0.4, 0.5) is 0 Å². The molecule has 1 aromatic carbocycles. The second kappa shape index (κ2) is 7.93. The molecule has 0 saturated carbocycles. The van der Waals surface area contributed by atoms with Gasteiger partial charge in [0.1, 0.15) is 6.54 Å². The first kappa shape index (κ1) is 20.5. The van der Waals surface area contributed by atoms with E-state index in [9.17, 15) is 14.4 Å². The molecule has 4 heterocycles. The molecular formula is C24H26N4O4. The molecule has 2 bridgehead atoms. The minimum absolute atomic E-state index is 0.0157. The summed E-state index contributed by atoms with van der Waals surface area (Å²) in [7, 11) is 0. The maximum absolute atomic E-state index is 13.4. The predicted octanol–water partition coefficient (Wildman–Crippen LogP) is 2.47. The molecule has 3 atom stereocenters. The van der Waals surface area contributed by atoms with Crippen molar-refractivity contribution in [1.29, 1.82) is 0 Å². The lowest BCUT2D eigenvalue weighted by molar-refractivity contribution is -0.137. The number of fused-ring (bicyclic) bond motifs is 3. The first-order valence-corrected chi connectivity index (χ1v) is 11.1. The summed E-state index contributed by atoms with van der Waals surface area (Å²) in [6, 6.07) is 12.5. The molecule has 2 aliphatic rings. The Hall–Kier alpha value is -3.42. The van der Waals surface area contributed by atoms with Crippen LogP contribution in [0.25, 0.3) is 11.1 Å². The summed E-state index contributed by atoms with van der Waals surface area (Å²) in [5.41, 5.74) is 1.25. The molecule has 8 heteroatoms. The van der Waals surface area contributed by atoms with Crippen LogP contribution in [0.1, 0.15) is 38.3 Å². The van der Waals surface area contributed by atoms with Crippen LogP contribution in [-0.2, 0) is 22.7 Å². The molecule has 166 valence electrons. The maximum atomic E-state index is 13.4. The summed E-state index contributed by atoms with van der Waals surface area (Å²) < 4.78 is 6.65. The molecule has 5 rings (SSSR count). The van der Waals surface area contributed by atoms with Gasteiger partial charge in [0, 0.05) is 18.3 Å². The Kier molecular flexibility index (Phi) is 5.07. The van der Waals surface area contributed by atoms with Crippen LogP contribution in [-0.4, -0.2) is 38.3 Å².